The molecule has 1 aromatic heterocycles. The Morgan fingerprint density at radius 1 is 1.45 bits per heavy atom. The normalized spacial score (nSPS) is 11.4. The van der Waals surface area contributed by atoms with Crippen molar-refractivity contribution in [3.63, 3.8) is 0 Å². The second-order valence-corrected chi connectivity index (χ2v) is 4.62. The van der Waals surface area contributed by atoms with Crippen molar-refractivity contribution in [1.29, 1.82) is 0 Å². The zero-order chi connectivity index (χ0) is 14.8. The summed E-state index contributed by atoms with van der Waals surface area (Å²) in [5.41, 5.74) is 0. The molecular formula is C14H23N5O. The molecule has 110 valence electrons. The highest BCUT2D eigenvalue weighted by Gasteiger charge is 2.08. The van der Waals surface area contributed by atoms with E-state index in [-0.39, 0.29) is 0 Å². The summed E-state index contributed by atoms with van der Waals surface area (Å²) in [5.74, 6) is 4.98. The van der Waals surface area contributed by atoms with E-state index in [9.17, 15) is 0 Å². The second kappa shape index (κ2) is 8.97. The molecule has 6 nitrogen and oxygen atoms in total. The van der Waals surface area contributed by atoms with Crippen LogP contribution in [0.2, 0.25) is 0 Å². The number of aryl methyl sites for hydroxylation is 1. The fourth-order valence-corrected chi connectivity index (χ4v) is 1.50. The predicted molar refractivity (Wildman–Crippen MR) is 79.5 cm³/mol. The molecule has 0 saturated heterocycles. The Morgan fingerprint density at radius 2 is 2.25 bits per heavy atom. The molecule has 0 amide bonds. The molecule has 0 aromatic carbocycles. The van der Waals surface area contributed by atoms with Gasteiger partial charge in [-0.15, -0.1) is 6.42 Å². The fraction of sp³-hybridized carbons (Fsp3) is 0.643. The van der Waals surface area contributed by atoms with E-state index in [4.69, 9.17) is 10.9 Å². The highest BCUT2D eigenvalue weighted by atomic mass is 16.5. The van der Waals surface area contributed by atoms with Crippen LogP contribution in [0.1, 0.15) is 44.8 Å². The van der Waals surface area contributed by atoms with Gasteiger partial charge in [0.15, 0.2) is 11.8 Å². The Kier molecular flexibility index (Phi) is 7.18. The smallest absolute Gasteiger partial charge is 0.226 e. The van der Waals surface area contributed by atoms with Crippen molar-refractivity contribution in [2.75, 3.05) is 19.6 Å². The van der Waals surface area contributed by atoms with Crippen molar-refractivity contribution < 1.29 is 4.52 Å². The van der Waals surface area contributed by atoms with Crippen LogP contribution < -0.4 is 10.6 Å². The number of rotatable bonds is 7. The molecule has 0 aliphatic carbocycles. The summed E-state index contributed by atoms with van der Waals surface area (Å²) in [6.45, 7) is 8.04. The maximum absolute atomic E-state index is 5.21. The Morgan fingerprint density at radius 3 is 2.85 bits per heavy atom. The Labute approximate surface area is 120 Å². The van der Waals surface area contributed by atoms with Crippen LogP contribution in [0, 0.1) is 12.3 Å². The SMILES string of the molecule is C#CCNC(=NCCCc1nc(C(C)C)no1)NCC. The minimum absolute atomic E-state index is 0.291. The van der Waals surface area contributed by atoms with Crippen molar-refractivity contribution in [1.82, 2.24) is 20.8 Å². The van der Waals surface area contributed by atoms with Gasteiger partial charge in [-0.05, 0) is 13.3 Å². The third-order valence-corrected chi connectivity index (χ3v) is 2.52. The van der Waals surface area contributed by atoms with Gasteiger partial charge in [0.2, 0.25) is 5.89 Å². The van der Waals surface area contributed by atoms with Crippen LogP contribution in [-0.4, -0.2) is 35.7 Å². The minimum Gasteiger partial charge on any atom is -0.357 e. The van der Waals surface area contributed by atoms with E-state index < -0.39 is 0 Å². The first-order valence-corrected chi connectivity index (χ1v) is 6.95. The van der Waals surface area contributed by atoms with Gasteiger partial charge in [-0.1, -0.05) is 24.9 Å². The van der Waals surface area contributed by atoms with Gasteiger partial charge >= 0.3 is 0 Å². The molecule has 0 radical (unpaired) electrons. The lowest BCUT2D eigenvalue weighted by Gasteiger charge is -2.08. The first kappa shape index (κ1) is 16.0. The molecule has 0 aliphatic rings. The Hall–Kier alpha value is -2.03. The maximum Gasteiger partial charge on any atom is 0.226 e. The number of nitrogens with one attached hydrogen (secondary N) is 2. The lowest BCUT2D eigenvalue weighted by molar-refractivity contribution is 0.369. The zero-order valence-electron chi connectivity index (χ0n) is 12.4. The average molecular weight is 277 g/mol. The molecular weight excluding hydrogens is 254 g/mol. The molecule has 0 bridgehead atoms. The summed E-state index contributed by atoms with van der Waals surface area (Å²) in [6.07, 6.45) is 6.80. The van der Waals surface area contributed by atoms with E-state index in [1.54, 1.807) is 0 Å². The molecule has 1 aromatic rings. The third-order valence-electron chi connectivity index (χ3n) is 2.52. The quantitative estimate of drug-likeness (QED) is 0.340. The van der Waals surface area contributed by atoms with Crippen molar-refractivity contribution in [2.45, 2.75) is 39.5 Å². The van der Waals surface area contributed by atoms with Gasteiger partial charge in [0, 0.05) is 25.4 Å². The van der Waals surface area contributed by atoms with Crippen LogP contribution in [-0.2, 0) is 6.42 Å². The Balaban J connectivity index is 2.35. The van der Waals surface area contributed by atoms with Crippen LogP contribution in [0.3, 0.4) is 0 Å². The second-order valence-electron chi connectivity index (χ2n) is 4.62. The van der Waals surface area contributed by atoms with Gasteiger partial charge in [0.1, 0.15) is 0 Å². The summed E-state index contributed by atoms with van der Waals surface area (Å²) in [5, 5.41) is 10.1. The number of hydrogen-bond acceptors (Lipinski definition) is 4. The van der Waals surface area contributed by atoms with Crippen molar-refractivity contribution in [2.24, 2.45) is 4.99 Å². The standard InChI is InChI=1S/C14H23N5O/c1-5-9-16-14(15-6-2)17-10-7-8-12-18-13(11(3)4)19-20-12/h1,11H,6-10H2,2-4H3,(H2,15,16,17). The summed E-state index contributed by atoms with van der Waals surface area (Å²) < 4.78 is 5.18. The van der Waals surface area contributed by atoms with E-state index in [2.05, 4.69) is 31.7 Å². The molecule has 1 heterocycles. The molecule has 0 saturated carbocycles. The predicted octanol–water partition coefficient (Wildman–Crippen LogP) is 1.31. The van der Waals surface area contributed by atoms with Gasteiger partial charge < -0.3 is 15.2 Å². The number of terminal acetylenes is 1. The molecule has 2 N–H and O–H groups in total. The third kappa shape index (κ3) is 5.74. The first-order valence-electron chi connectivity index (χ1n) is 6.95. The highest BCUT2D eigenvalue weighted by Crippen LogP contribution is 2.10. The van der Waals surface area contributed by atoms with E-state index in [1.165, 1.54) is 0 Å². The van der Waals surface area contributed by atoms with Crippen molar-refractivity contribution in [3.8, 4) is 12.3 Å². The minimum atomic E-state index is 0.291. The van der Waals surface area contributed by atoms with Crippen LogP contribution in [0.5, 0.6) is 0 Å². The monoisotopic (exact) mass is 277 g/mol. The lowest BCUT2D eigenvalue weighted by Crippen LogP contribution is -2.37. The van der Waals surface area contributed by atoms with Crippen LogP contribution in [0.25, 0.3) is 0 Å². The maximum atomic E-state index is 5.21. The molecule has 0 spiro atoms. The van der Waals surface area contributed by atoms with Gasteiger partial charge in [-0.25, -0.2) is 0 Å². The molecule has 0 unspecified atom stereocenters. The molecule has 20 heavy (non-hydrogen) atoms. The average Bonchev–Trinajstić information content (AvgIpc) is 2.89. The van der Waals surface area contributed by atoms with Crippen LogP contribution in [0.15, 0.2) is 9.52 Å². The lowest BCUT2D eigenvalue weighted by atomic mass is 10.2. The number of aliphatic imine (C=N–C) groups is 1. The number of hydrogen-bond donors (Lipinski definition) is 2. The van der Waals surface area contributed by atoms with E-state index in [1.807, 2.05) is 20.8 Å². The fourth-order valence-electron chi connectivity index (χ4n) is 1.50. The van der Waals surface area contributed by atoms with E-state index in [0.29, 0.717) is 24.9 Å². The summed E-state index contributed by atoms with van der Waals surface area (Å²) in [7, 11) is 0. The van der Waals surface area contributed by atoms with Crippen LogP contribution in [0.4, 0.5) is 0 Å². The molecule has 6 heteroatoms. The van der Waals surface area contributed by atoms with Gasteiger partial charge in [-0.3, -0.25) is 4.99 Å². The van der Waals surface area contributed by atoms with Crippen molar-refractivity contribution in [3.05, 3.63) is 11.7 Å². The number of nitrogens with zero attached hydrogens (tertiary/aromatic N) is 3. The van der Waals surface area contributed by atoms with Crippen molar-refractivity contribution >= 4 is 5.96 Å². The summed E-state index contributed by atoms with van der Waals surface area (Å²) in [6, 6.07) is 0. The van der Waals surface area contributed by atoms with Gasteiger partial charge in [0.25, 0.3) is 0 Å². The Bertz CT molecular complexity index is 458. The largest absolute Gasteiger partial charge is 0.357 e. The van der Waals surface area contributed by atoms with E-state index in [0.717, 1.165) is 31.2 Å². The van der Waals surface area contributed by atoms with E-state index >= 15 is 0 Å². The first-order chi connectivity index (χ1) is 9.67. The zero-order valence-corrected chi connectivity index (χ0v) is 12.4. The number of guanidine groups is 1. The molecule has 0 atom stereocenters. The highest BCUT2D eigenvalue weighted by molar-refractivity contribution is 5.79. The van der Waals surface area contributed by atoms with Crippen LogP contribution >= 0.6 is 0 Å². The topological polar surface area (TPSA) is 75.3 Å². The van der Waals surface area contributed by atoms with Gasteiger partial charge in [-0.2, -0.15) is 4.98 Å². The summed E-state index contributed by atoms with van der Waals surface area (Å²) in [4.78, 5) is 8.75. The molecule has 1 rings (SSSR count). The molecule has 0 aliphatic heterocycles. The van der Waals surface area contributed by atoms with Gasteiger partial charge in [0.05, 0.1) is 6.54 Å². The molecule has 0 fully saturated rings. The summed E-state index contributed by atoms with van der Waals surface area (Å²) >= 11 is 0. The number of aromatic nitrogens is 2.